The molecule has 0 spiro atoms. The highest BCUT2D eigenvalue weighted by Crippen LogP contribution is 2.39. The van der Waals surface area contributed by atoms with E-state index in [2.05, 4.69) is 15.5 Å². The van der Waals surface area contributed by atoms with Crippen LogP contribution >= 0.6 is 0 Å². The zero-order valence-electron chi connectivity index (χ0n) is 17.2. The minimum absolute atomic E-state index is 0.0154. The number of carbonyl (C=O) groups is 2. The Kier molecular flexibility index (Phi) is 6.29. The SMILES string of the molecule is O=C(NCc1nc(C2CCC(F)(F)CC2)no1)C1CCN(C(=O)c2ccccc2)CC1. The predicted molar refractivity (Wildman–Crippen MR) is 107 cm³/mol. The molecule has 0 bridgehead atoms. The highest BCUT2D eigenvalue weighted by molar-refractivity contribution is 5.94. The van der Waals surface area contributed by atoms with Crippen molar-refractivity contribution in [2.75, 3.05) is 13.1 Å². The number of alkyl halides is 2. The first kappa shape index (κ1) is 21.4. The van der Waals surface area contributed by atoms with Gasteiger partial charge in [0, 0.05) is 43.3 Å². The van der Waals surface area contributed by atoms with Crippen LogP contribution in [0.4, 0.5) is 8.78 Å². The quantitative estimate of drug-likeness (QED) is 0.781. The topological polar surface area (TPSA) is 88.3 Å². The number of hydrogen-bond acceptors (Lipinski definition) is 5. The highest BCUT2D eigenvalue weighted by atomic mass is 19.3. The minimum Gasteiger partial charge on any atom is -0.347 e. The van der Waals surface area contributed by atoms with Crippen LogP contribution in [0, 0.1) is 5.92 Å². The molecule has 0 unspecified atom stereocenters. The summed E-state index contributed by atoms with van der Waals surface area (Å²) in [6, 6.07) is 9.12. The monoisotopic (exact) mass is 432 g/mol. The average Bonchev–Trinajstić information content (AvgIpc) is 3.26. The minimum atomic E-state index is -2.60. The molecule has 1 saturated carbocycles. The van der Waals surface area contributed by atoms with Crippen molar-refractivity contribution in [3.8, 4) is 0 Å². The van der Waals surface area contributed by atoms with Crippen molar-refractivity contribution in [1.82, 2.24) is 20.4 Å². The second-order valence-corrected chi connectivity index (χ2v) is 8.33. The lowest BCUT2D eigenvalue weighted by atomic mass is 9.86. The molecule has 7 nitrogen and oxygen atoms in total. The van der Waals surface area contributed by atoms with Crippen molar-refractivity contribution in [3.63, 3.8) is 0 Å². The first-order valence-electron chi connectivity index (χ1n) is 10.7. The molecule has 2 heterocycles. The summed E-state index contributed by atoms with van der Waals surface area (Å²) in [5, 5.41) is 6.72. The lowest BCUT2D eigenvalue weighted by Crippen LogP contribution is -2.42. The second kappa shape index (κ2) is 9.11. The van der Waals surface area contributed by atoms with Crippen LogP contribution in [0.25, 0.3) is 0 Å². The summed E-state index contributed by atoms with van der Waals surface area (Å²) >= 11 is 0. The van der Waals surface area contributed by atoms with Gasteiger partial charge in [0.05, 0.1) is 6.54 Å². The number of nitrogens with one attached hydrogen (secondary N) is 1. The summed E-state index contributed by atoms with van der Waals surface area (Å²) in [5.41, 5.74) is 0.652. The number of benzene rings is 1. The van der Waals surface area contributed by atoms with Gasteiger partial charge < -0.3 is 14.7 Å². The van der Waals surface area contributed by atoms with Crippen LogP contribution in [-0.4, -0.2) is 45.9 Å². The Bertz CT molecular complexity index is 900. The Hall–Kier alpha value is -2.84. The average molecular weight is 432 g/mol. The van der Waals surface area contributed by atoms with E-state index in [-0.39, 0.29) is 48.9 Å². The number of likely N-dealkylation sites (tertiary alicyclic amines) is 1. The lowest BCUT2D eigenvalue weighted by Gasteiger charge is -2.31. The van der Waals surface area contributed by atoms with E-state index in [0.717, 1.165) is 0 Å². The van der Waals surface area contributed by atoms with E-state index in [1.54, 1.807) is 17.0 Å². The molecule has 1 aromatic carbocycles. The molecule has 4 rings (SSSR count). The molecule has 1 aliphatic carbocycles. The fraction of sp³-hybridized carbons (Fsp3) is 0.545. The molecular formula is C22H26F2N4O3. The molecule has 0 radical (unpaired) electrons. The van der Waals surface area contributed by atoms with E-state index in [9.17, 15) is 18.4 Å². The van der Waals surface area contributed by atoms with E-state index in [1.165, 1.54) is 0 Å². The Labute approximate surface area is 179 Å². The van der Waals surface area contributed by atoms with Gasteiger partial charge in [-0.3, -0.25) is 9.59 Å². The number of aromatic nitrogens is 2. The van der Waals surface area contributed by atoms with Gasteiger partial charge in [-0.1, -0.05) is 23.4 Å². The zero-order valence-corrected chi connectivity index (χ0v) is 17.2. The number of carbonyl (C=O) groups excluding carboxylic acids is 2. The Balaban J connectivity index is 1.22. The van der Waals surface area contributed by atoms with Crippen LogP contribution in [0.1, 0.15) is 66.5 Å². The van der Waals surface area contributed by atoms with Gasteiger partial charge in [0.2, 0.25) is 17.7 Å². The van der Waals surface area contributed by atoms with Crippen molar-refractivity contribution < 1.29 is 22.9 Å². The summed E-state index contributed by atoms with van der Waals surface area (Å²) in [5.74, 6) is -2.31. The van der Waals surface area contributed by atoms with E-state index >= 15 is 0 Å². The van der Waals surface area contributed by atoms with Crippen LogP contribution in [0.15, 0.2) is 34.9 Å². The molecule has 1 N–H and O–H groups in total. The smallest absolute Gasteiger partial charge is 0.253 e. The first-order chi connectivity index (χ1) is 14.9. The predicted octanol–water partition coefficient (Wildman–Crippen LogP) is 3.53. The van der Waals surface area contributed by atoms with E-state index < -0.39 is 5.92 Å². The van der Waals surface area contributed by atoms with Gasteiger partial charge in [0.15, 0.2) is 5.82 Å². The Morgan fingerprint density at radius 3 is 2.45 bits per heavy atom. The van der Waals surface area contributed by atoms with Crippen LogP contribution in [0.2, 0.25) is 0 Å². The van der Waals surface area contributed by atoms with Crippen molar-refractivity contribution in [2.45, 2.75) is 56.9 Å². The number of piperidine rings is 1. The summed E-state index contributed by atoms with van der Waals surface area (Å²) in [4.78, 5) is 31.1. The number of hydrogen-bond donors (Lipinski definition) is 1. The molecule has 2 fully saturated rings. The summed E-state index contributed by atoms with van der Waals surface area (Å²) < 4.78 is 31.8. The number of amides is 2. The number of halogens is 2. The van der Waals surface area contributed by atoms with Crippen LogP contribution < -0.4 is 5.32 Å². The van der Waals surface area contributed by atoms with Gasteiger partial charge in [-0.2, -0.15) is 4.98 Å². The fourth-order valence-corrected chi connectivity index (χ4v) is 4.22. The third-order valence-corrected chi connectivity index (χ3v) is 6.15. The van der Waals surface area contributed by atoms with Gasteiger partial charge >= 0.3 is 0 Å². The van der Waals surface area contributed by atoms with Gasteiger partial charge in [-0.15, -0.1) is 0 Å². The first-order valence-corrected chi connectivity index (χ1v) is 10.7. The van der Waals surface area contributed by atoms with Crippen LogP contribution in [-0.2, 0) is 11.3 Å². The molecule has 2 aromatic rings. The Morgan fingerprint density at radius 2 is 1.77 bits per heavy atom. The summed E-state index contributed by atoms with van der Waals surface area (Å²) in [6.45, 7) is 1.17. The number of nitrogens with zero attached hydrogens (tertiary/aromatic N) is 3. The molecule has 1 saturated heterocycles. The van der Waals surface area contributed by atoms with Gasteiger partial charge in [-0.05, 0) is 37.8 Å². The van der Waals surface area contributed by atoms with Crippen LogP contribution in [0.3, 0.4) is 0 Å². The summed E-state index contributed by atoms with van der Waals surface area (Å²) in [7, 11) is 0. The van der Waals surface area contributed by atoms with Gasteiger partial charge in [0.1, 0.15) is 0 Å². The maximum atomic E-state index is 13.3. The van der Waals surface area contributed by atoms with Crippen molar-refractivity contribution in [1.29, 1.82) is 0 Å². The highest BCUT2D eigenvalue weighted by Gasteiger charge is 2.37. The van der Waals surface area contributed by atoms with E-state index in [4.69, 9.17) is 4.52 Å². The molecule has 166 valence electrons. The zero-order chi connectivity index (χ0) is 21.8. The lowest BCUT2D eigenvalue weighted by molar-refractivity contribution is -0.126. The molecule has 2 aliphatic rings. The molecule has 1 aromatic heterocycles. The maximum Gasteiger partial charge on any atom is 0.253 e. The largest absolute Gasteiger partial charge is 0.347 e. The number of rotatable bonds is 5. The van der Waals surface area contributed by atoms with E-state index in [0.29, 0.717) is 50.2 Å². The summed E-state index contributed by atoms with van der Waals surface area (Å²) in [6.07, 6.45) is 1.52. The Morgan fingerprint density at radius 1 is 1.10 bits per heavy atom. The van der Waals surface area contributed by atoms with Crippen LogP contribution in [0.5, 0.6) is 0 Å². The molecular weight excluding hydrogens is 406 g/mol. The van der Waals surface area contributed by atoms with Crippen molar-refractivity contribution in [3.05, 3.63) is 47.6 Å². The fourth-order valence-electron chi connectivity index (χ4n) is 4.22. The van der Waals surface area contributed by atoms with Gasteiger partial charge in [-0.25, -0.2) is 8.78 Å². The molecule has 0 atom stereocenters. The van der Waals surface area contributed by atoms with Gasteiger partial charge in [0.25, 0.3) is 5.91 Å². The maximum absolute atomic E-state index is 13.3. The molecule has 9 heteroatoms. The second-order valence-electron chi connectivity index (χ2n) is 8.33. The third-order valence-electron chi connectivity index (χ3n) is 6.15. The molecule has 31 heavy (non-hydrogen) atoms. The van der Waals surface area contributed by atoms with E-state index in [1.807, 2.05) is 18.2 Å². The molecule has 2 amide bonds. The molecule has 1 aliphatic heterocycles. The van der Waals surface area contributed by atoms with Crippen molar-refractivity contribution >= 4 is 11.8 Å². The third kappa shape index (κ3) is 5.26. The normalized spacial score (nSPS) is 19.9. The standard InChI is InChI=1S/C22H26F2N4O3/c23-22(24)10-6-15(7-11-22)19-26-18(31-27-19)14-25-20(29)16-8-12-28(13-9-16)21(30)17-4-2-1-3-5-17/h1-5,15-16H,6-14H2,(H,25,29). The van der Waals surface area contributed by atoms with Crippen molar-refractivity contribution in [2.24, 2.45) is 5.92 Å².